The smallest absolute Gasteiger partial charge is 0.307 e. The van der Waals surface area contributed by atoms with Gasteiger partial charge in [0.05, 0.1) is 6.42 Å². The number of allylic oxidation sites excluding steroid dienone is 1. The Bertz CT molecular complexity index is 641. The summed E-state index contributed by atoms with van der Waals surface area (Å²) < 4.78 is 5.62. The summed E-state index contributed by atoms with van der Waals surface area (Å²) >= 11 is 0. The molecular formula is C22H33NO3. The molecule has 6 atom stereocenters. The van der Waals surface area contributed by atoms with Crippen molar-refractivity contribution >= 4 is 11.8 Å². The van der Waals surface area contributed by atoms with Crippen LogP contribution in [0.2, 0.25) is 0 Å². The van der Waals surface area contributed by atoms with E-state index in [4.69, 9.17) is 10.5 Å². The van der Waals surface area contributed by atoms with E-state index in [0.717, 1.165) is 38.5 Å². The monoisotopic (exact) mass is 359 g/mol. The van der Waals surface area contributed by atoms with Gasteiger partial charge in [-0.1, -0.05) is 19.4 Å². The molecule has 0 amide bonds. The molecule has 4 heteroatoms. The quantitative estimate of drug-likeness (QED) is 0.615. The number of fused-ring (bicyclic) bond motifs is 5. The third-order valence-corrected chi connectivity index (χ3v) is 8.41. The van der Waals surface area contributed by atoms with Crippen LogP contribution in [0.4, 0.5) is 0 Å². The first-order chi connectivity index (χ1) is 12.4. The Morgan fingerprint density at radius 1 is 1.12 bits per heavy atom. The molecule has 3 unspecified atom stereocenters. The number of hydrogen-bond donors (Lipinski definition) is 1. The van der Waals surface area contributed by atoms with Gasteiger partial charge in [0.25, 0.3) is 0 Å². The van der Waals surface area contributed by atoms with Crippen LogP contribution >= 0.6 is 0 Å². The average Bonchev–Trinajstić information content (AvgIpc) is 2.91. The van der Waals surface area contributed by atoms with E-state index in [1.807, 2.05) is 0 Å². The van der Waals surface area contributed by atoms with Gasteiger partial charge in [0.15, 0.2) is 0 Å². The molecule has 4 nitrogen and oxygen atoms in total. The van der Waals surface area contributed by atoms with Gasteiger partial charge in [-0.25, -0.2) is 0 Å². The van der Waals surface area contributed by atoms with Gasteiger partial charge in [0.1, 0.15) is 11.9 Å². The topological polar surface area (TPSA) is 69.4 Å². The lowest BCUT2D eigenvalue weighted by Gasteiger charge is -2.57. The van der Waals surface area contributed by atoms with Gasteiger partial charge in [0.2, 0.25) is 0 Å². The van der Waals surface area contributed by atoms with Gasteiger partial charge in [-0.3, -0.25) is 9.59 Å². The lowest BCUT2D eigenvalue weighted by atomic mass is 9.47. The highest BCUT2D eigenvalue weighted by Crippen LogP contribution is 2.64. The van der Waals surface area contributed by atoms with E-state index in [9.17, 15) is 9.59 Å². The van der Waals surface area contributed by atoms with Gasteiger partial charge in [0, 0.05) is 18.4 Å². The predicted octanol–water partition coefficient (Wildman–Crippen LogP) is 3.78. The summed E-state index contributed by atoms with van der Waals surface area (Å²) in [5, 5.41) is 0. The number of carbonyl (C=O) groups excluding carboxylic acids is 2. The van der Waals surface area contributed by atoms with Crippen LogP contribution in [0.3, 0.4) is 0 Å². The van der Waals surface area contributed by atoms with Crippen LogP contribution in [0.25, 0.3) is 0 Å². The Morgan fingerprint density at radius 2 is 1.85 bits per heavy atom. The molecule has 0 spiro atoms. The first-order valence-corrected chi connectivity index (χ1v) is 10.5. The highest BCUT2D eigenvalue weighted by Gasteiger charge is 2.58. The van der Waals surface area contributed by atoms with Crippen molar-refractivity contribution in [3.8, 4) is 0 Å². The lowest BCUT2D eigenvalue weighted by Crippen LogP contribution is -2.50. The molecule has 0 aromatic heterocycles. The Morgan fingerprint density at radius 3 is 2.62 bits per heavy atom. The van der Waals surface area contributed by atoms with Crippen molar-refractivity contribution in [2.24, 2.45) is 34.3 Å². The van der Waals surface area contributed by atoms with Gasteiger partial charge in [-0.05, 0) is 74.2 Å². The van der Waals surface area contributed by atoms with Crippen LogP contribution in [0, 0.1) is 28.6 Å². The molecule has 4 aliphatic carbocycles. The lowest BCUT2D eigenvalue weighted by molar-refractivity contribution is -0.148. The normalized spacial score (nSPS) is 44.6. The Kier molecular flexibility index (Phi) is 4.53. The molecule has 0 bridgehead atoms. The first-order valence-electron chi connectivity index (χ1n) is 10.5. The zero-order chi connectivity index (χ0) is 18.5. The minimum atomic E-state index is -0.176. The maximum absolute atomic E-state index is 12.5. The van der Waals surface area contributed by atoms with E-state index < -0.39 is 0 Å². The molecule has 0 radical (unpaired) electrons. The summed E-state index contributed by atoms with van der Waals surface area (Å²) in [6.45, 7) is 5.03. The second-order valence-corrected chi connectivity index (χ2v) is 9.55. The maximum Gasteiger partial charge on any atom is 0.307 e. The highest BCUT2D eigenvalue weighted by atomic mass is 16.5. The summed E-state index contributed by atoms with van der Waals surface area (Å²) in [6.07, 6.45) is 10.9. The molecule has 26 heavy (non-hydrogen) atoms. The predicted molar refractivity (Wildman–Crippen MR) is 100 cm³/mol. The fraction of sp³-hybridized carbons (Fsp3) is 0.818. The molecule has 2 N–H and O–H groups in total. The van der Waals surface area contributed by atoms with Crippen LogP contribution in [0.5, 0.6) is 0 Å². The minimum absolute atomic E-state index is 0.0479. The number of nitrogens with two attached hydrogens (primary N) is 1. The van der Waals surface area contributed by atoms with E-state index in [0.29, 0.717) is 36.5 Å². The summed E-state index contributed by atoms with van der Waals surface area (Å²) in [4.78, 5) is 24.3. The Hall–Kier alpha value is -1.16. The fourth-order valence-electron chi connectivity index (χ4n) is 6.91. The fourth-order valence-corrected chi connectivity index (χ4v) is 6.91. The van der Waals surface area contributed by atoms with E-state index in [2.05, 4.69) is 19.9 Å². The Balaban J connectivity index is 1.54. The van der Waals surface area contributed by atoms with Crippen LogP contribution in [0.15, 0.2) is 11.6 Å². The number of Topliss-reactive ketones (excluding diaryl/α,β-unsaturated/α-hetero) is 1. The number of esters is 1. The molecular weight excluding hydrogens is 326 g/mol. The molecule has 0 aliphatic heterocycles. The van der Waals surface area contributed by atoms with E-state index in [-0.39, 0.29) is 22.9 Å². The van der Waals surface area contributed by atoms with Gasteiger partial charge in [-0.15, -0.1) is 0 Å². The van der Waals surface area contributed by atoms with Crippen molar-refractivity contribution in [3.05, 3.63) is 11.6 Å². The van der Waals surface area contributed by atoms with Gasteiger partial charge in [-0.2, -0.15) is 0 Å². The number of ether oxygens (including phenoxy) is 1. The van der Waals surface area contributed by atoms with Crippen molar-refractivity contribution in [1.29, 1.82) is 0 Å². The van der Waals surface area contributed by atoms with Gasteiger partial charge >= 0.3 is 5.97 Å². The number of ketones is 1. The molecule has 0 saturated heterocycles. The highest BCUT2D eigenvalue weighted by molar-refractivity contribution is 5.87. The SMILES string of the molecule is C[C@]12CC[C@H](OC(=O)CCN)C=C1CCC1C2CC[C@]2(C)C(=O)CCC12. The maximum atomic E-state index is 12.5. The van der Waals surface area contributed by atoms with E-state index in [1.54, 1.807) is 0 Å². The zero-order valence-electron chi connectivity index (χ0n) is 16.3. The largest absolute Gasteiger partial charge is 0.458 e. The summed E-state index contributed by atoms with van der Waals surface area (Å²) in [5.74, 6) is 2.31. The molecule has 0 aromatic carbocycles. The molecule has 0 aromatic rings. The number of carbonyl (C=O) groups is 2. The van der Waals surface area contributed by atoms with Crippen LogP contribution in [0.1, 0.15) is 71.6 Å². The molecule has 4 aliphatic rings. The molecule has 0 heterocycles. The zero-order valence-corrected chi connectivity index (χ0v) is 16.3. The minimum Gasteiger partial charge on any atom is -0.458 e. The molecule has 3 fully saturated rings. The number of rotatable bonds is 3. The van der Waals surface area contributed by atoms with Crippen LogP contribution < -0.4 is 5.73 Å². The van der Waals surface area contributed by atoms with Crippen molar-refractivity contribution in [1.82, 2.24) is 0 Å². The Labute approximate surface area is 156 Å². The third kappa shape index (κ3) is 2.67. The molecule has 4 rings (SSSR count). The molecule has 3 saturated carbocycles. The van der Waals surface area contributed by atoms with Crippen LogP contribution in [-0.2, 0) is 14.3 Å². The van der Waals surface area contributed by atoms with E-state index >= 15 is 0 Å². The third-order valence-electron chi connectivity index (χ3n) is 8.41. The van der Waals surface area contributed by atoms with Crippen molar-refractivity contribution in [3.63, 3.8) is 0 Å². The molecule has 144 valence electrons. The van der Waals surface area contributed by atoms with Crippen molar-refractivity contribution in [2.75, 3.05) is 6.54 Å². The second-order valence-electron chi connectivity index (χ2n) is 9.55. The van der Waals surface area contributed by atoms with Crippen LogP contribution in [-0.4, -0.2) is 24.4 Å². The number of hydrogen-bond acceptors (Lipinski definition) is 4. The summed E-state index contributed by atoms with van der Waals surface area (Å²) in [6, 6.07) is 0. The summed E-state index contributed by atoms with van der Waals surface area (Å²) in [7, 11) is 0. The standard InChI is InChI=1S/C22H33NO3/c1-21-10-7-15(26-20(25)9-12-23)13-14(21)3-4-16-17-5-6-19(24)22(17,2)11-8-18(16)21/h13,15-18H,3-12,23H2,1-2H3/t15-,16?,17?,18?,21-,22-/m0/s1. The first kappa shape index (κ1) is 18.2. The van der Waals surface area contributed by atoms with Gasteiger partial charge < -0.3 is 10.5 Å². The van der Waals surface area contributed by atoms with Crippen molar-refractivity contribution in [2.45, 2.75) is 77.7 Å². The average molecular weight is 360 g/mol. The van der Waals surface area contributed by atoms with E-state index in [1.165, 1.54) is 18.4 Å². The summed E-state index contributed by atoms with van der Waals surface area (Å²) in [5.41, 5.74) is 7.14. The second kappa shape index (κ2) is 6.47. The van der Waals surface area contributed by atoms with Crippen molar-refractivity contribution < 1.29 is 14.3 Å².